The molecular formula is C7H10BrClN2OS. The molecule has 0 aliphatic rings. The van der Waals surface area contributed by atoms with Crippen molar-refractivity contribution in [2.45, 2.75) is 6.54 Å². The molecule has 3 nitrogen and oxygen atoms in total. The van der Waals surface area contributed by atoms with E-state index in [1.54, 1.807) is 11.3 Å². The predicted octanol–water partition coefficient (Wildman–Crippen LogP) is 1.51. The van der Waals surface area contributed by atoms with Crippen molar-refractivity contribution in [3.8, 4) is 0 Å². The van der Waals surface area contributed by atoms with Gasteiger partial charge < -0.3 is 11.1 Å². The summed E-state index contributed by atoms with van der Waals surface area (Å²) >= 11 is 4.97. The molecule has 6 heteroatoms. The normalized spacial score (nSPS) is 9.08. The van der Waals surface area contributed by atoms with Crippen LogP contribution in [0.1, 0.15) is 4.88 Å². The van der Waals surface area contributed by atoms with Crippen molar-refractivity contribution in [3.05, 3.63) is 20.8 Å². The van der Waals surface area contributed by atoms with E-state index in [9.17, 15) is 4.79 Å². The van der Waals surface area contributed by atoms with E-state index < -0.39 is 0 Å². The summed E-state index contributed by atoms with van der Waals surface area (Å²) in [6.07, 6.45) is 0. The van der Waals surface area contributed by atoms with E-state index in [0.29, 0.717) is 6.54 Å². The first-order chi connectivity index (χ1) is 5.74. The molecule has 0 saturated heterocycles. The molecule has 74 valence electrons. The van der Waals surface area contributed by atoms with E-state index in [1.807, 2.05) is 11.4 Å². The number of thiophene rings is 1. The van der Waals surface area contributed by atoms with Gasteiger partial charge in [0, 0.05) is 9.35 Å². The molecule has 0 saturated carbocycles. The monoisotopic (exact) mass is 284 g/mol. The minimum Gasteiger partial charge on any atom is -0.350 e. The molecule has 0 atom stereocenters. The number of carbonyl (C=O) groups excluding carboxylic acids is 1. The van der Waals surface area contributed by atoms with Crippen molar-refractivity contribution < 1.29 is 4.79 Å². The summed E-state index contributed by atoms with van der Waals surface area (Å²) in [4.78, 5) is 11.9. The van der Waals surface area contributed by atoms with Gasteiger partial charge in [0.1, 0.15) is 0 Å². The minimum atomic E-state index is -0.129. The molecule has 0 spiro atoms. The maximum absolute atomic E-state index is 10.8. The Morgan fingerprint density at radius 1 is 1.69 bits per heavy atom. The highest BCUT2D eigenvalue weighted by Gasteiger charge is 2.02. The van der Waals surface area contributed by atoms with Crippen molar-refractivity contribution in [1.29, 1.82) is 0 Å². The second-order valence-corrected chi connectivity index (χ2v) is 4.03. The number of hydrogen-bond donors (Lipinski definition) is 2. The van der Waals surface area contributed by atoms with Crippen molar-refractivity contribution >= 4 is 45.6 Å². The zero-order chi connectivity index (χ0) is 8.97. The molecular weight excluding hydrogens is 276 g/mol. The summed E-state index contributed by atoms with van der Waals surface area (Å²) in [5.41, 5.74) is 5.13. The predicted molar refractivity (Wildman–Crippen MR) is 60.2 cm³/mol. The van der Waals surface area contributed by atoms with Crippen molar-refractivity contribution in [3.63, 3.8) is 0 Å². The highest BCUT2D eigenvalue weighted by Crippen LogP contribution is 2.21. The summed E-state index contributed by atoms with van der Waals surface area (Å²) in [7, 11) is 0. The molecule has 1 aromatic heterocycles. The fraction of sp³-hybridized carbons (Fsp3) is 0.286. The molecule has 1 amide bonds. The molecule has 1 rings (SSSR count). The maximum Gasteiger partial charge on any atom is 0.234 e. The number of nitrogens with two attached hydrogens (primary N) is 1. The second kappa shape index (κ2) is 6.37. The van der Waals surface area contributed by atoms with E-state index >= 15 is 0 Å². The van der Waals surface area contributed by atoms with Crippen LogP contribution in [0.3, 0.4) is 0 Å². The molecule has 1 heterocycles. The third-order valence-electron chi connectivity index (χ3n) is 1.32. The van der Waals surface area contributed by atoms with Crippen LogP contribution in [0.5, 0.6) is 0 Å². The zero-order valence-corrected chi connectivity index (χ0v) is 9.97. The van der Waals surface area contributed by atoms with Crippen LogP contribution < -0.4 is 11.1 Å². The number of nitrogens with one attached hydrogen (secondary N) is 1. The SMILES string of the molecule is Cl.NCC(=O)NCc1sccc1Br. The summed E-state index contributed by atoms with van der Waals surface area (Å²) in [6.45, 7) is 0.595. The average molecular weight is 286 g/mol. The van der Waals surface area contributed by atoms with Crippen LogP contribution in [-0.4, -0.2) is 12.5 Å². The van der Waals surface area contributed by atoms with Crippen LogP contribution >= 0.6 is 39.7 Å². The smallest absolute Gasteiger partial charge is 0.234 e. The fourth-order valence-corrected chi connectivity index (χ4v) is 2.13. The molecule has 13 heavy (non-hydrogen) atoms. The van der Waals surface area contributed by atoms with Crippen LogP contribution in [0.15, 0.2) is 15.9 Å². The topological polar surface area (TPSA) is 55.1 Å². The van der Waals surface area contributed by atoms with Gasteiger partial charge in [-0.1, -0.05) is 0 Å². The average Bonchev–Trinajstić information content (AvgIpc) is 2.47. The Morgan fingerprint density at radius 2 is 2.38 bits per heavy atom. The van der Waals surface area contributed by atoms with Gasteiger partial charge in [0.05, 0.1) is 13.1 Å². The first-order valence-corrected chi connectivity index (χ1v) is 5.10. The zero-order valence-electron chi connectivity index (χ0n) is 6.75. The minimum absolute atomic E-state index is 0. The van der Waals surface area contributed by atoms with Crippen LogP contribution in [0, 0.1) is 0 Å². The van der Waals surface area contributed by atoms with E-state index in [1.165, 1.54) is 0 Å². The summed E-state index contributed by atoms with van der Waals surface area (Å²) in [6, 6.07) is 1.95. The molecule has 3 N–H and O–H groups in total. The van der Waals surface area contributed by atoms with Crippen LogP contribution in [0.4, 0.5) is 0 Å². The summed E-state index contributed by atoms with van der Waals surface area (Å²) in [5.74, 6) is -0.129. The molecule has 0 aliphatic heterocycles. The van der Waals surface area contributed by atoms with Crippen molar-refractivity contribution in [2.75, 3.05) is 6.54 Å². The number of halogens is 2. The largest absolute Gasteiger partial charge is 0.350 e. The van der Waals surface area contributed by atoms with Crippen molar-refractivity contribution in [1.82, 2.24) is 5.32 Å². The lowest BCUT2D eigenvalue weighted by atomic mass is 10.4. The van der Waals surface area contributed by atoms with Gasteiger partial charge in [-0.3, -0.25) is 4.79 Å². The lowest BCUT2D eigenvalue weighted by Gasteiger charge is -2.00. The Balaban J connectivity index is 0.00000144. The molecule has 0 radical (unpaired) electrons. The van der Waals surface area contributed by atoms with Gasteiger partial charge in [0.15, 0.2) is 0 Å². The third kappa shape index (κ3) is 4.08. The number of hydrogen-bond acceptors (Lipinski definition) is 3. The van der Waals surface area contributed by atoms with Crippen LogP contribution in [-0.2, 0) is 11.3 Å². The molecule has 0 bridgehead atoms. The highest BCUT2D eigenvalue weighted by molar-refractivity contribution is 9.10. The van der Waals surface area contributed by atoms with Gasteiger partial charge in [0.2, 0.25) is 5.91 Å². The van der Waals surface area contributed by atoms with Gasteiger partial charge in [0.25, 0.3) is 0 Å². The number of carbonyl (C=O) groups is 1. The molecule has 0 aromatic carbocycles. The Bertz CT molecular complexity index is 279. The first-order valence-electron chi connectivity index (χ1n) is 3.42. The van der Waals surface area contributed by atoms with Crippen LogP contribution in [0.25, 0.3) is 0 Å². The van der Waals surface area contributed by atoms with Gasteiger partial charge in [-0.15, -0.1) is 23.7 Å². The van der Waals surface area contributed by atoms with E-state index in [0.717, 1.165) is 9.35 Å². The number of rotatable bonds is 3. The standard InChI is InChI=1S/C7H9BrN2OS.ClH/c8-5-1-2-12-6(5)4-10-7(11)3-9;/h1-2H,3-4,9H2,(H,10,11);1H. The van der Waals surface area contributed by atoms with Gasteiger partial charge in [-0.25, -0.2) is 0 Å². The maximum atomic E-state index is 10.8. The van der Waals surface area contributed by atoms with E-state index in [4.69, 9.17) is 5.73 Å². The Kier molecular flexibility index (Phi) is 6.32. The van der Waals surface area contributed by atoms with Gasteiger partial charge in [-0.2, -0.15) is 0 Å². The second-order valence-electron chi connectivity index (χ2n) is 2.17. The summed E-state index contributed by atoms with van der Waals surface area (Å²) in [5, 5.41) is 4.66. The van der Waals surface area contributed by atoms with Crippen molar-refractivity contribution in [2.24, 2.45) is 5.73 Å². The van der Waals surface area contributed by atoms with E-state index in [-0.39, 0.29) is 24.9 Å². The fourth-order valence-electron chi connectivity index (χ4n) is 0.702. The van der Waals surface area contributed by atoms with Gasteiger partial charge in [-0.05, 0) is 27.4 Å². The Labute approximate surface area is 95.2 Å². The van der Waals surface area contributed by atoms with E-state index in [2.05, 4.69) is 21.2 Å². The lowest BCUT2D eigenvalue weighted by molar-refractivity contribution is -0.119. The lowest BCUT2D eigenvalue weighted by Crippen LogP contribution is -2.29. The quantitative estimate of drug-likeness (QED) is 0.884. The summed E-state index contributed by atoms with van der Waals surface area (Å²) < 4.78 is 1.03. The first kappa shape index (κ1) is 12.9. The molecule has 0 aliphatic carbocycles. The van der Waals surface area contributed by atoms with Gasteiger partial charge >= 0.3 is 0 Å². The molecule has 0 fully saturated rings. The number of amides is 1. The Hall–Kier alpha value is -0.100. The highest BCUT2D eigenvalue weighted by atomic mass is 79.9. The Morgan fingerprint density at radius 3 is 2.85 bits per heavy atom. The molecule has 1 aromatic rings. The van der Waals surface area contributed by atoms with Crippen LogP contribution in [0.2, 0.25) is 0 Å². The molecule has 0 unspecified atom stereocenters. The third-order valence-corrected chi connectivity index (χ3v) is 3.25.